The molecule has 1 heterocycles. The van der Waals surface area contributed by atoms with Crippen LogP contribution in [-0.2, 0) is 0 Å². The summed E-state index contributed by atoms with van der Waals surface area (Å²) < 4.78 is 24.5. The minimum atomic E-state index is -0.965. The topological polar surface area (TPSA) is 94.7 Å². The Morgan fingerprint density at radius 1 is 1.29 bits per heavy atom. The number of hydrogen-bond donors (Lipinski definition) is 2. The van der Waals surface area contributed by atoms with Gasteiger partial charge in [0.2, 0.25) is 0 Å². The third kappa shape index (κ3) is 2.67. The Balaban J connectivity index is 2.15. The van der Waals surface area contributed by atoms with E-state index in [-0.39, 0.29) is 17.2 Å². The van der Waals surface area contributed by atoms with Crippen molar-refractivity contribution in [3.05, 3.63) is 54.0 Å². The van der Waals surface area contributed by atoms with E-state index in [1.807, 2.05) is 0 Å². The molecular weight excluding hydrogens is 315 g/mol. The number of aromatic hydroxyl groups is 1. The Labute approximate surface area is 136 Å². The van der Waals surface area contributed by atoms with Gasteiger partial charge in [-0.25, -0.2) is 4.39 Å². The van der Waals surface area contributed by atoms with Gasteiger partial charge >= 0.3 is 0 Å². The van der Waals surface area contributed by atoms with Crippen molar-refractivity contribution in [2.75, 3.05) is 7.11 Å². The number of primary amides is 1. The Morgan fingerprint density at radius 3 is 2.79 bits per heavy atom. The normalized spacial score (nSPS) is 10.6. The first-order valence-electron chi connectivity index (χ1n) is 6.85. The van der Waals surface area contributed by atoms with Crippen molar-refractivity contribution >= 4 is 16.8 Å². The summed E-state index contributed by atoms with van der Waals surface area (Å²) in [6.07, 6.45) is 1.46. The van der Waals surface area contributed by atoms with Crippen LogP contribution in [0.2, 0.25) is 0 Å². The summed E-state index contributed by atoms with van der Waals surface area (Å²) in [7, 11) is 1.41. The van der Waals surface area contributed by atoms with Crippen molar-refractivity contribution in [1.82, 2.24) is 4.98 Å². The minimum absolute atomic E-state index is 0.0432. The summed E-state index contributed by atoms with van der Waals surface area (Å²) in [5.74, 6) is -1.46. The van der Waals surface area contributed by atoms with E-state index in [0.717, 1.165) is 0 Å². The second-order valence-electron chi connectivity index (χ2n) is 4.85. The highest BCUT2D eigenvalue weighted by Gasteiger charge is 2.17. The fourth-order valence-corrected chi connectivity index (χ4v) is 2.28. The quantitative estimate of drug-likeness (QED) is 0.768. The van der Waals surface area contributed by atoms with Crippen molar-refractivity contribution in [2.45, 2.75) is 0 Å². The van der Waals surface area contributed by atoms with Gasteiger partial charge in [0.25, 0.3) is 5.91 Å². The molecule has 1 radical (unpaired) electrons. The van der Waals surface area contributed by atoms with Gasteiger partial charge in [-0.2, -0.15) is 0 Å². The maximum Gasteiger partial charge on any atom is 0.255 e. The molecule has 3 rings (SSSR count). The fraction of sp³-hybridized carbons (Fsp3) is 0.0588. The molecule has 0 saturated carbocycles. The Kier molecular flexibility index (Phi) is 3.91. The highest BCUT2D eigenvalue weighted by molar-refractivity contribution is 5.96. The summed E-state index contributed by atoms with van der Waals surface area (Å²) in [6, 6.07) is 9.41. The van der Waals surface area contributed by atoms with Crippen molar-refractivity contribution < 1.29 is 23.8 Å². The Hall–Kier alpha value is -3.35. The molecule has 0 fully saturated rings. The van der Waals surface area contributed by atoms with Crippen LogP contribution in [0.4, 0.5) is 4.39 Å². The maximum absolute atomic E-state index is 13.8. The molecule has 3 N–H and O–H groups in total. The van der Waals surface area contributed by atoms with E-state index in [1.54, 1.807) is 0 Å². The molecule has 1 amide bonds. The van der Waals surface area contributed by atoms with Crippen LogP contribution in [0, 0.1) is 11.9 Å². The number of rotatable bonds is 4. The van der Waals surface area contributed by atoms with E-state index in [1.165, 1.54) is 43.6 Å². The van der Waals surface area contributed by atoms with Crippen LogP contribution < -0.4 is 15.2 Å². The molecule has 0 unspecified atom stereocenters. The van der Waals surface area contributed by atoms with Gasteiger partial charge in [0.1, 0.15) is 22.9 Å². The average Bonchev–Trinajstić information content (AvgIpc) is 2.54. The maximum atomic E-state index is 13.8. The van der Waals surface area contributed by atoms with Gasteiger partial charge in [-0.05, 0) is 24.3 Å². The largest absolute Gasteiger partial charge is 0.504 e. The lowest BCUT2D eigenvalue weighted by atomic mass is 10.1. The fourth-order valence-electron chi connectivity index (χ4n) is 2.28. The van der Waals surface area contributed by atoms with Gasteiger partial charge in [0.15, 0.2) is 11.5 Å². The molecule has 7 heteroatoms. The number of hydrogen-bond acceptors (Lipinski definition) is 5. The van der Waals surface area contributed by atoms with Crippen molar-refractivity contribution in [3.63, 3.8) is 0 Å². The molecule has 0 bridgehead atoms. The molecule has 1 aromatic heterocycles. The lowest BCUT2D eigenvalue weighted by Crippen LogP contribution is -2.14. The molecule has 0 aliphatic heterocycles. The molecule has 0 saturated heterocycles. The number of amides is 1. The zero-order valence-corrected chi connectivity index (χ0v) is 12.5. The lowest BCUT2D eigenvalue weighted by molar-refractivity contribution is 0.0994. The predicted molar refractivity (Wildman–Crippen MR) is 83.8 cm³/mol. The highest BCUT2D eigenvalue weighted by Crippen LogP contribution is 2.37. The molecule has 6 nitrogen and oxygen atoms in total. The average molecular weight is 327 g/mol. The first-order valence-corrected chi connectivity index (χ1v) is 6.85. The molecule has 0 aliphatic carbocycles. The van der Waals surface area contributed by atoms with Gasteiger partial charge in [0.05, 0.1) is 12.6 Å². The van der Waals surface area contributed by atoms with Crippen molar-refractivity contribution in [3.8, 4) is 23.0 Å². The molecule has 24 heavy (non-hydrogen) atoms. The van der Waals surface area contributed by atoms with Crippen LogP contribution in [0.1, 0.15) is 10.4 Å². The summed E-state index contributed by atoms with van der Waals surface area (Å²) in [4.78, 5) is 15.6. The standard InChI is InChI=1S/C17H12FN2O4/c1-23-15-7-9-11(8-12(15)21)20-6-5-13(9)24-14-4-2-3-10(18)16(14)17(19)22/h2,4-8,21H,1H3,(H2,19,22). The van der Waals surface area contributed by atoms with Gasteiger partial charge < -0.3 is 20.3 Å². The third-order valence-electron chi connectivity index (χ3n) is 3.38. The van der Waals surface area contributed by atoms with Crippen LogP contribution >= 0.6 is 0 Å². The SMILES string of the molecule is COc1cc2c(Oc3cc[c]c(F)c3C(N)=O)ccnc2cc1O. The number of pyridine rings is 1. The van der Waals surface area contributed by atoms with E-state index in [4.69, 9.17) is 15.2 Å². The van der Waals surface area contributed by atoms with E-state index in [2.05, 4.69) is 11.1 Å². The number of methoxy groups -OCH3 is 1. The van der Waals surface area contributed by atoms with Gasteiger partial charge in [-0.1, -0.05) is 0 Å². The second-order valence-corrected chi connectivity index (χ2v) is 4.85. The molecule has 121 valence electrons. The summed E-state index contributed by atoms with van der Waals surface area (Å²) >= 11 is 0. The van der Waals surface area contributed by atoms with E-state index in [0.29, 0.717) is 16.7 Å². The minimum Gasteiger partial charge on any atom is -0.504 e. The zero-order valence-electron chi connectivity index (χ0n) is 12.5. The smallest absolute Gasteiger partial charge is 0.255 e. The number of carbonyl (C=O) groups is 1. The molecule has 0 atom stereocenters. The van der Waals surface area contributed by atoms with E-state index >= 15 is 0 Å². The first-order chi connectivity index (χ1) is 11.5. The predicted octanol–water partition coefficient (Wildman–Crippen LogP) is 2.78. The monoisotopic (exact) mass is 327 g/mol. The van der Waals surface area contributed by atoms with Crippen LogP contribution in [0.25, 0.3) is 10.9 Å². The van der Waals surface area contributed by atoms with Gasteiger partial charge in [-0.15, -0.1) is 0 Å². The number of fused-ring (bicyclic) bond motifs is 1. The third-order valence-corrected chi connectivity index (χ3v) is 3.38. The Morgan fingerprint density at radius 2 is 2.08 bits per heavy atom. The molecule has 3 aromatic rings. The zero-order chi connectivity index (χ0) is 17.3. The lowest BCUT2D eigenvalue weighted by Gasteiger charge is -2.12. The molecule has 0 aliphatic rings. The van der Waals surface area contributed by atoms with Gasteiger partial charge in [0, 0.05) is 23.7 Å². The van der Waals surface area contributed by atoms with Crippen LogP contribution in [-0.4, -0.2) is 23.1 Å². The molecular formula is C17H12FN2O4. The number of nitrogens with zero attached hydrogens (tertiary/aromatic N) is 1. The first kappa shape index (κ1) is 15.5. The number of aromatic nitrogens is 1. The number of halogens is 1. The molecule has 0 spiro atoms. The summed E-state index contributed by atoms with van der Waals surface area (Å²) in [5, 5.41) is 10.3. The number of nitrogens with two attached hydrogens (primary N) is 1. The second kappa shape index (κ2) is 6.04. The van der Waals surface area contributed by atoms with E-state index < -0.39 is 17.3 Å². The number of ether oxygens (including phenoxy) is 2. The highest BCUT2D eigenvalue weighted by atomic mass is 19.1. The number of phenols is 1. The number of benzene rings is 2. The Bertz CT molecular complexity index is 943. The number of carbonyl (C=O) groups excluding carboxylic acids is 1. The summed E-state index contributed by atoms with van der Waals surface area (Å²) in [5.41, 5.74) is 5.25. The van der Waals surface area contributed by atoms with Crippen LogP contribution in [0.3, 0.4) is 0 Å². The molecule has 2 aromatic carbocycles. The van der Waals surface area contributed by atoms with Crippen LogP contribution in [0.15, 0.2) is 36.5 Å². The number of phenolic OH excluding ortho intramolecular Hbond substituents is 1. The van der Waals surface area contributed by atoms with Gasteiger partial charge in [-0.3, -0.25) is 9.78 Å². The van der Waals surface area contributed by atoms with Crippen molar-refractivity contribution in [1.29, 1.82) is 0 Å². The summed E-state index contributed by atoms with van der Waals surface area (Å²) in [6.45, 7) is 0. The van der Waals surface area contributed by atoms with E-state index in [9.17, 15) is 14.3 Å². The van der Waals surface area contributed by atoms with Crippen LogP contribution in [0.5, 0.6) is 23.0 Å². The van der Waals surface area contributed by atoms with Crippen molar-refractivity contribution in [2.24, 2.45) is 5.73 Å².